The fraction of sp³-hybridized carbons (Fsp3) is 0.130. The van der Waals surface area contributed by atoms with Crippen molar-refractivity contribution in [1.82, 2.24) is 24.3 Å². The van der Waals surface area contributed by atoms with Gasteiger partial charge < -0.3 is 9.30 Å². The predicted molar refractivity (Wildman–Crippen MR) is 115 cm³/mol. The Morgan fingerprint density at radius 2 is 2.03 bits per heavy atom. The van der Waals surface area contributed by atoms with E-state index in [0.717, 1.165) is 16.9 Å². The highest BCUT2D eigenvalue weighted by atomic mass is 35.5. The van der Waals surface area contributed by atoms with Gasteiger partial charge in [-0.1, -0.05) is 41.9 Å². The van der Waals surface area contributed by atoms with E-state index in [0.29, 0.717) is 41.1 Å². The molecule has 7 nitrogen and oxygen atoms in total. The molecule has 0 radical (unpaired) electrons. The number of fused-ring (bicyclic) bond motifs is 5. The van der Waals surface area contributed by atoms with E-state index in [4.69, 9.17) is 16.3 Å². The standard InChI is InChI=1S/C23H16ClN5O2/c1-31-13-22-26-27-23-17-11-16(24)7-9-19(17)29-14-25-18(20(29)12-28(22)23)8-10-21(30)15-5-3-2-4-6-15/h2-7,9,11,14H,12-13H2,1H3. The molecule has 0 N–H and O–H groups in total. The van der Waals surface area contributed by atoms with Crippen LogP contribution in [0.2, 0.25) is 5.02 Å². The Morgan fingerprint density at radius 3 is 2.84 bits per heavy atom. The van der Waals surface area contributed by atoms with Gasteiger partial charge in [-0.15, -0.1) is 10.2 Å². The van der Waals surface area contributed by atoms with E-state index in [1.54, 1.807) is 25.6 Å². The minimum atomic E-state index is -0.256. The molecule has 0 amide bonds. The fourth-order valence-electron chi connectivity index (χ4n) is 3.60. The molecule has 2 aromatic carbocycles. The molecule has 5 rings (SSSR count). The molecular weight excluding hydrogens is 414 g/mol. The summed E-state index contributed by atoms with van der Waals surface area (Å²) in [5.41, 5.74) is 3.59. The van der Waals surface area contributed by atoms with E-state index in [2.05, 4.69) is 27.0 Å². The molecule has 0 spiro atoms. The largest absolute Gasteiger partial charge is 0.377 e. The van der Waals surface area contributed by atoms with Crippen LogP contribution in [0.25, 0.3) is 17.1 Å². The van der Waals surface area contributed by atoms with Crippen molar-refractivity contribution in [3.63, 3.8) is 0 Å². The number of aromatic nitrogens is 5. The Hall–Kier alpha value is -3.73. The highest BCUT2D eigenvalue weighted by molar-refractivity contribution is 6.31. The predicted octanol–water partition coefficient (Wildman–Crippen LogP) is 3.53. The number of ketones is 1. The number of carbonyl (C=O) groups is 1. The van der Waals surface area contributed by atoms with E-state index in [9.17, 15) is 4.79 Å². The first-order valence-corrected chi connectivity index (χ1v) is 9.92. The van der Waals surface area contributed by atoms with Crippen LogP contribution in [0.1, 0.15) is 27.6 Å². The molecule has 0 fully saturated rings. The van der Waals surface area contributed by atoms with Crippen LogP contribution in [-0.4, -0.2) is 37.2 Å². The van der Waals surface area contributed by atoms with Gasteiger partial charge in [0.25, 0.3) is 0 Å². The molecule has 0 atom stereocenters. The van der Waals surface area contributed by atoms with E-state index in [1.807, 2.05) is 45.5 Å². The quantitative estimate of drug-likeness (QED) is 0.324. The third-order valence-electron chi connectivity index (χ3n) is 5.06. The van der Waals surface area contributed by atoms with Crippen molar-refractivity contribution < 1.29 is 9.53 Å². The van der Waals surface area contributed by atoms with Gasteiger partial charge in [-0.25, -0.2) is 4.98 Å². The van der Waals surface area contributed by atoms with Crippen molar-refractivity contribution in [3.8, 4) is 28.9 Å². The van der Waals surface area contributed by atoms with Crippen LogP contribution in [0.4, 0.5) is 0 Å². The Labute approximate surface area is 183 Å². The first kappa shape index (κ1) is 19.2. The molecular formula is C23H16ClN5O2. The molecule has 152 valence electrons. The third-order valence-corrected chi connectivity index (χ3v) is 5.30. The van der Waals surface area contributed by atoms with Crippen molar-refractivity contribution in [3.05, 3.63) is 82.7 Å². The molecule has 2 aromatic heterocycles. The Bertz CT molecular complexity index is 1360. The van der Waals surface area contributed by atoms with Crippen molar-refractivity contribution >= 4 is 17.4 Å². The number of Topliss-reactive ketones (excluding diaryl/α,β-unsaturated/α-hetero) is 1. The minimum absolute atomic E-state index is 0.256. The van der Waals surface area contributed by atoms with Crippen molar-refractivity contribution in [1.29, 1.82) is 0 Å². The molecule has 3 heterocycles. The summed E-state index contributed by atoms with van der Waals surface area (Å²) < 4.78 is 9.20. The molecule has 31 heavy (non-hydrogen) atoms. The molecule has 0 aliphatic carbocycles. The zero-order valence-electron chi connectivity index (χ0n) is 16.5. The SMILES string of the molecule is COCc1nnc2n1Cc1c(C#CC(=O)c3ccccc3)ncn1-c1ccc(Cl)cc1-2. The lowest BCUT2D eigenvalue weighted by molar-refractivity contribution is 0.105. The van der Waals surface area contributed by atoms with Gasteiger partial charge >= 0.3 is 0 Å². The van der Waals surface area contributed by atoms with Crippen LogP contribution in [-0.2, 0) is 17.9 Å². The number of nitrogens with zero attached hydrogens (tertiary/aromatic N) is 5. The first-order chi connectivity index (χ1) is 15.2. The molecule has 4 aromatic rings. The average molecular weight is 430 g/mol. The highest BCUT2D eigenvalue weighted by Gasteiger charge is 2.25. The third kappa shape index (κ3) is 3.42. The Balaban J connectivity index is 1.64. The van der Waals surface area contributed by atoms with Crippen LogP contribution in [0.3, 0.4) is 0 Å². The van der Waals surface area contributed by atoms with Gasteiger partial charge in [0.1, 0.15) is 18.6 Å². The van der Waals surface area contributed by atoms with Crippen LogP contribution < -0.4 is 0 Å². The summed E-state index contributed by atoms with van der Waals surface area (Å²) in [5, 5.41) is 9.25. The number of hydrogen-bond donors (Lipinski definition) is 0. The second-order valence-electron chi connectivity index (χ2n) is 6.98. The number of halogens is 1. The van der Waals surface area contributed by atoms with Gasteiger partial charge in [-0.05, 0) is 30.0 Å². The van der Waals surface area contributed by atoms with Gasteiger partial charge in [-0.2, -0.15) is 0 Å². The van der Waals surface area contributed by atoms with Crippen molar-refractivity contribution in [2.24, 2.45) is 0 Å². The second kappa shape index (κ2) is 7.84. The second-order valence-corrected chi connectivity index (χ2v) is 7.41. The van der Waals surface area contributed by atoms with Gasteiger partial charge in [0.15, 0.2) is 11.6 Å². The van der Waals surface area contributed by atoms with E-state index >= 15 is 0 Å². The number of ether oxygens (including phenoxy) is 1. The number of methoxy groups -OCH3 is 1. The molecule has 0 saturated heterocycles. The Kier molecular flexibility index (Phi) is 4.86. The normalized spacial score (nSPS) is 11.5. The highest BCUT2D eigenvalue weighted by Crippen LogP contribution is 2.34. The number of imidazole rings is 1. The summed E-state index contributed by atoms with van der Waals surface area (Å²) in [6.45, 7) is 0.738. The summed E-state index contributed by atoms with van der Waals surface area (Å²) in [4.78, 5) is 16.9. The zero-order chi connectivity index (χ0) is 21.4. The molecule has 0 unspecified atom stereocenters. The van der Waals surface area contributed by atoms with Crippen LogP contribution in [0, 0.1) is 11.8 Å². The maximum Gasteiger partial charge on any atom is 0.236 e. The lowest BCUT2D eigenvalue weighted by atomic mass is 10.1. The maximum atomic E-state index is 12.4. The summed E-state index contributed by atoms with van der Waals surface area (Å²) in [5.74, 6) is 6.77. The number of carbonyl (C=O) groups excluding carboxylic acids is 1. The number of rotatable bonds is 3. The van der Waals surface area contributed by atoms with Gasteiger partial charge in [-0.3, -0.25) is 9.36 Å². The monoisotopic (exact) mass is 429 g/mol. The van der Waals surface area contributed by atoms with Gasteiger partial charge in [0.2, 0.25) is 5.78 Å². The topological polar surface area (TPSA) is 74.8 Å². The smallest absolute Gasteiger partial charge is 0.236 e. The van der Waals surface area contributed by atoms with Crippen molar-refractivity contribution in [2.45, 2.75) is 13.2 Å². The lowest BCUT2D eigenvalue weighted by Gasteiger charge is -2.08. The summed E-state index contributed by atoms with van der Waals surface area (Å²) in [6, 6.07) is 14.5. The van der Waals surface area contributed by atoms with E-state index < -0.39 is 0 Å². The Morgan fingerprint density at radius 1 is 1.19 bits per heavy atom. The average Bonchev–Trinajstić information content (AvgIpc) is 3.34. The first-order valence-electron chi connectivity index (χ1n) is 9.54. The molecule has 1 aliphatic rings. The molecule has 8 heteroatoms. The molecule has 1 aliphatic heterocycles. The van der Waals surface area contributed by atoms with Crippen LogP contribution in [0.15, 0.2) is 54.9 Å². The van der Waals surface area contributed by atoms with Gasteiger partial charge in [0, 0.05) is 23.3 Å². The molecule has 0 saturated carbocycles. The number of hydrogen-bond acceptors (Lipinski definition) is 5. The fourth-order valence-corrected chi connectivity index (χ4v) is 3.77. The summed E-state index contributed by atoms with van der Waals surface area (Å²) in [7, 11) is 1.61. The zero-order valence-corrected chi connectivity index (χ0v) is 17.3. The van der Waals surface area contributed by atoms with E-state index in [-0.39, 0.29) is 5.78 Å². The number of benzene rings is 2. The van der Waals surface area contributed by atoms with Gasteiger partial charge in [0.05, 0.1) is 17.9 Å². The molecule has 0 bridgehead atoms. The minimum Gasteiger partial charge on any atom is -0.377 e. The van der Waals surface area contributed by atoms with Crippen LogP contribution >= 0.6 is 11.6 Å². The summed E-state index contributed by atoms with van der Waals surface area (Å²) in [6.07, 6.45) is 1.70. The summed E-state index contributed by atoms with van der Waals surface area (Å²) >= 11 is 6.27. The van der Waals surface area contributed by atoms with Crippen molar-refractivity contribution in [2.75, 3.05) is 7.11 Å². The van der Waals surface area contributed by atoms with E-state index in [1.165, 1.54) is 0 Å². The lowest BCUT2D eigenvalue weighted by Crippen LogP contribution is -2.09. The maximum absolute atomic E-state index is 12.4. The van der Waals surface area contributed by atoms with Crippen LogP contribution in [0.5, 0.6) is 0 Å².